The highest BCUT2D eigenvalue weighted by Gasteiger charge is 2.13. The minimum Gasteiger partial charge on any atom is -0.494 e. The molecule has 18 heavy (non-hydrogen) atoms. The summed E-state index contributed by atoms with van der Waals surface area (Å²) in [5.41, 5.74) is 0.251. The van der Waals surface area contributed by atoms with E-state index in [1.165, 1.54) is 19.2 Å². The van der Waals surface area contributed by atoms with E-state index in [4.69, 9.17) is 16.3 Å². The lowest BCUT2D eigenvalue weighted by Crippen LogP contribution is -2.32. The fourth-order valence-electron chi connectivity index (χ4n) is 1.34. The van der Waals surface area contributed by atoms with Crippen molar-refractivity contribution in [3.8, 4) is 5.75 Å². The van der Waals surface area contributed by atoms with Gasteiger partial charge in [0.1, 0.15) is 0 Å². The van der Waals surface area contributed by atoms with E-state index >= 15 is 0 Å². The van der Waals surface area contributed by atoms with Crippen LogP contribution in [0.1, 0.15) is 24.2 Å². The topological polar surface area (TPSA) is 38.3 Å². The number of alkyl halides is 1. The lowest BCUT2D eigenvalue weighted by atomic mass is 10.1. The Kier molecular flexibility index (Phi) is 5.41. The van der Waals surface area contributed by atoms with Crippen molar-refractivity contribution in [1.29, 1.82) is 0 Å². The van der Waals surface area contributed by atoms with Crippen LogP contribution in [0.3, 0.4) is 0 Å². The summed E-state index contributed by atoms with van der Waals surface area (Å²) in [6, 6.07) is 4.08. The Balaban J connectivity index is 2.65. The molecule has 1 N–H and O–H groups in total. The van der Waals surface area contributed by atoms with Gasteiger partial charge in [-0.1, -0.05) is 13.8 Å². The quantitative estimate of drug-likeness (QED) is 0.838. The van der Waals surface area contributed by atoms with Crippen LogP contribution in [0.2, 0.25) is 0 Å². The molecule has 1 atom stereocenters. The number of hydrogen-bond acceptors (Lipinski definition) is 2. The van der Waals surface area contributed by atoms with Gasteiger partial charge in [0.15, 0.2) is 11.6 Å². The van der Waals surface area contributed by atoms with Gasteiger partial charge >= 0.3 is 0 Å². The van der Waals surface area contributed by atoms with Crippen LogP contribution in [-0.2, 0) is 0 Å². The molecule has 0 aromatic heterocycles. The number of rotatable bonds is 5. The minimum atomic E-state index is -0.559. The highest BCUT2D eigenvalue weighted by molar-refractivity contribution is 6.21. The molecule has 0 bridgehead atoms. The van der Waals surface area contributed by atoms with E-state index < -0.39 is 5.82 Å². The zero-order chi connectivity index (χ0) is 13.7. The maximum atomic E-state index is 13.4. The Morgan fingerprint density at radius 2 is 2.17 bits per heavy atom. The SMILES string of the molecule is COc1ccc(C(=O)NCC(Cl)C(C)C)cc1F. The lowest BCUT2D eigenvalue weighted by Gasteiger charge is -2.14. The molecule has 0 fully saturated rings. The molecule has 0 aliphatic heterocycles. The Labute approximate surface area is 111 Å². The fraction of sp³-hybridized carbons (Fsp3) is 0.462. The summed E-state index contributed by atoms with van der Waals surface area (Å²) in [5, 5.41) is 2.52. The van der Waals surface area contributed by atoms with E-state index in [-0.39, 0.29) is 28.5 Å². The molecule has 3 nitrogen and oxygen atoms in total. The molecular formula is C13H17ClFNO2. The summed E-state index contributed by atoms with van der Waals surface area (Å²) in [4.78, 5) is 11.7. The van der Waals surface area contributed by atoms with Gasteiger partial charge in [-0.3, -0.25) is 4.79 Å². The van der Waals surface area contributed by atoms with Crippen LogP contribution in [-0.4, -0.2) is 24.9 Å². The third-order valence-corrected chi connectivity index (χ3v) is 3.25. The van der Waals surface area contributed by atoms with Gasteiger partial charge in [-0.25, -0.2) is 4.39 Å². The second kappa shape index (κ2) is 6.59. The summed E-state index contributed by atoms with van der Waals surface area (Å²) in [7, 11) is 1.37. The fourth-order valence-corrected chi connectivity index (χ4v) is 1.41. The number of methoxy groups -OCH3 is 1. The summed E-state index contributed by atoms with van der Waals surface area (Å²) < 4.78 is 18.2. The molecule has 1 rings (SSSR count). The van der Waals surface area contributed by atoms with Crippen LogP contribution in [0.15, 0.2) is 18.2 Å². The molecule has 1 aromatic rings. The smallest absolute Gasteiger partial charge is 0.251 e. The van der Waals surface area contributed by atoms with Gasteiger partial charge in [-0.15, -0.1) is 11.6 Å². The molecule has 1 amide bonds. The molecule has 0 spiro atoms. The molecule has 0 aliphatic carbocycles. The zero-order valence-corrected chi connectivity index (χ0v) is 11.4. The average Bonchev–Trinajstić information content (AvgIpc) is 2.35. The summed E-state index contributed by atoms with van der Waals surface area (Å²) in [6.45, 7) is 4.29. The number of ether oxygens (including phenoxy) is 1. The molecule has 100 valence electrons. The summed E-state index contributed by atoms with van der Waals surface area (Å²) >= 11 is 6.02. The average molecular weight is 274 g/mol. The van der Waals surface area contributed by atoms with Crippen LogP contribution in [0.4, 0.5) is 4.39 Å². The lowest BCUT2D eigenvalue weighted by molar-refractivity contribution is 0.0952. The van der Waals surface area contributed by atoms with Gasteiger partial charge in [0, 0.05) is 12.1 Å². The maximum Gasteiger partial charge on any atom is 0.251 e. The third-order valence-electron chi connectivity index (χ3n) is 2.59. The minimum absolute atomic E-state index is 0.115. The van der Waals surface area contributed by atoms with Crippen molar-refractivity contribution in [3.63, 3.8) is 0 Å². The Bertz CT molecular complexity index is 423. The first-order chi connectivity index (χ1) is 8.45. The monoisotopic (exact) mass is 273 g/mol. The van der Waals surface area contributed by atoms with Crippen LogP contribution < -0.4 is 10.1 Å². The van der Waals surface area contributed by atoms with Crippen molar-refractivity contribution < 1.29 is 13.9 Å². The van der Waals surface area contributed by atoms with Gasteiger partial charge in [-0.2, -0.15) is 0 Å². The normalized spacial score (nSPS) is 12.3. The number of carbonyl (C=O) groups excluding carboxylic acids is 1. The molecule has 0 saturated carbocycles. The number of halogens is 2. The van der Waals surface area contributed by atoms with E-state index in [2.05, 4.69) is 5.32 Å². The highest BCUT2D eigenvalue weighted by atomic mass is 35.5. The molecule has 1 aromatic carbocycles. The predicted molar refractivity (Wildman–Crippen MR) is 69.8 cm³/mol. The predicted octanol–water partition coefficient (Wildman–Crippen LogP) is 2.83. The van der Waals surface area contributed by atoms with Crippen molar-refractivity contribution in [2.24, 2.45) is 5.92 Å². The number of hydrogen-bond donors (Lipinski definition) is 1. The number of amides is 1. The maximum absolute atomic E-state index is 13.4. The van der Waals surface area contributed by atoms with Gasteiger partial charge < -0.3 is 10.1 Å². The van der Waals surface area contributed by atoms with Gasteiger partial charge in [0.05, 0.1) is 12.5 Å². The Morgan fingerprint density at radius 1 is 1.50 bits per heavy atom. The second-order valence-electron chi connectivity index (χ2n) is 4.32. The number of nitrogens with one attached hydrogen (secondary N) is 1. The second-order valence-corrected chi connectivity index (χ2v) is 4.88. The molecule has 0 radical (unpaired) electrons. The zero-order valence-electron chi connectivity index (χ0n) is 10.7. The molecule has 1 unspecified atom stereocenters. The van der Waals surface area contributed by atoms with E-state index in [9.17, 15) is 9.18 Å². The Morgan fingerprint density at radius 3 is 2.67 bits per heavy atom. The molecular weight excluding hydrogens is 257 g/mol. The molecule has 0 saturated heterocycles. The van der Waals surface area contributed by atoms with E-state index in [1.54, 1.807) is 0 Å². The molecule has 0 aliphatic rings. The number of carbonyl (C=O) groups is 1. The Hall–Kier alpha value is -1.29. The van der Waals surface area contributed by atoms with Crippen molar-refractivity contribution in [2.45, 2.75) is 19.2 Å². The summed E-state index contributed by atoms with van der Waals surface area (Å²) in [6.07, 6.45) is 0. The van der Waals surface area contributed by atoms with Gasteiger partial charge in [-0.05, 0) is 24.1 Å². The van der Waals surface area contributed by atoms with Crippen molar-refractivity contribution >= 4 is 17.5 Å². The van der Waals surface area contributed by atoms with E-state index in [1.807, 2.05) is 13.8 Å². The van der Waals surface area contributed by atoms with Gasteiger partial charge in [0.25, 0.3) is 5.91 Å². The molecule has 5 heteroatoms. The van der Waals surface area contributed by atoms with Crippen LogP contribution in [0.5, 0.6) is 5.75 Å². The largest absolute Gasteiger partial charge is 0.494 e. The summed E-state index contributed by atoms with van der Waals surface area (Å²) in [5.74, 6) is -0.525. The first-order valence-electron chi connectivity index (χ1n) is 5.71. The van der Waals surface area contributed by atoms with Crippen molar-refractivity contribution in [3.05, 3.63) is 29.6 Å². The number of benzene rings is 1. The first-order valence-corrected chi connectivity index (χ1v) is 6.15. The third kappa shape index (κ3) is 3.88. The van der Waals surface area contributed by atoms with Crippen LogP contribution >= 0.6 is 11.6 Å². The van der Waals surface area contributed by atoms with Crippen LogP contribution in [0, 0.1) is 11.7 Å². The van der Waals surface area contributed by atoms with Crippen LogP contribution in [0.25, 0.3) is 0 Å². The standard InChI is InChI=1S/C13H17ClFNO2/c1-8(2)10(14)7-16-13(17)9-4-5-12(18-3)11(15)6-9/h4-6,8,10H,7H2,1-3H3,(H,16,17). The molecule has 0 heterocycles. The van der Waals surface area contributed by atoms with E-state index in [0.717, 1.165) is 6.07 Å². The van der Waals surface area contributed by atoms with E-state index in [0.29, 0.717) is 6.54 Å². The van der Waals surface area contributed by atoms with Crippen molar-refractivity contribution in [2.75, 3.05) is 13.7 Å². The van der Waals surface area contributed by atoms with Crippen molar-refractivity contribution in [1.82, 2.24) is 5.32 Å². The van der Waals surface area contributed by atoms with Gasteiger partial charge in [0.2, 0.25) is 0 Å². The highest BCUT2D eigenvalue weighted by Crippen LogP contribution is 2.17. The first kappa shape index (κ1) is 14.8.